The first-order chi connectivity index (χ1) is 11.0. The zero-order chi connectivity index (χ0) is 18.6. The van der Waals surface area contributed by atoms with Crippen molar-refractivity contribution >= 4 is 17.9 Å². The zero-order valence-electron chi connectivity index (χ0n) is 13.3. The molecule has 0 aromatic carbocycles. The highest BCUT2D eigenvalue weighted by molar-refractivity contribution is 6.28. The minimum atomic E-state index is -5.02. The molecule has 7 nitrogen and oxygen atoms in total. The molecule has 0 amide bonds. The standard InChI is InChI=1S/C14H19F3O7/c1-3-12(7-9(18)22-4-2)8-13(5-6-23-12,14(15,16)17)24-11(21)10(19)20/h3-8H2,1-2H3,(H,19,20). The van der Waals surface area contributed by atoms with E-state index >= 15 is 0 Å². The number of carbonyl (C=O) groups excluding carboxylic acids is 2. The van der Waals surface area contributed by atoms with E-state index in [1.54, 1.807) is 6.92 Å². The molecule has 0 bridgehead atoms. The lowest BCUT2D eigenvalue weighted by Crippen LogP contribution is -2.59. The predicted octanol–water partition coefficient (Wildman–Crippen LogP) is 1.83. The van der Waals surface area contributed by atoms with E-state index in [1.165, 1.54) is 6.92 Å². The quantitative estimate of drug-likeness (QED) is 0.592. The number of halogens is 3. The highest BCUT2D eigenvalue weighted by Gasteiger charge is 2.63. The van der Waals surface area contributed by atoms with Crippen LogP contribution in [0.1, 0.15) is 39.5 Å². The molecule has 138 valence electrons. The van der Waals surface area contributed by atoms with Gasteiger partial charge in [0, 0.05) is 12.8 Å². The van der Waals surface area contributed by atoms with Crippen LogP contribution in [0.25, 0.3) is 0 Å². The van der Waals surface area contributed by atoms with Gasteiger partial charge in [0.15, 0.2) is 0 Å². The van der Waals surface area contributed by atoms with E-state index in [1.807, 2.05) is 0 Å². The monoisotopic (exact) mass is 356 g/mol. The summed E-state index contributed by atoms with van der Waals surface area (Å²) < 4.78 is 55.1. The van der Waals surface area contributed by atoms with Crippen molar-refractivity contribution in [3.05, 3.63) is 0 Å². The summed E-state index contributed by atoms with van der Waals surface area (Å²) in [5, 5.41) is 8.55. The summed E-state index contributed by atoms with van der Waals surface area (Å²) in [6, 6.07) is 0. The van der Waals surface area contributed by atoms with Crippen molar-refractivity contribution in [3.8, 4) is 0 Å². The van der Waals surface area contributed by atoms with E-state index < -0.39 is 61.2 Å². The second-order valence-electron chi connectivity index (χ2n) is 5.48. The molecule has 2 atom stereocenters. The summed E-state index contributed by atoms with van der Waals surface area (Å²) >= 11 is 0. The molecule has 1 heterocycles. The SMILES string of the molecule is CCOC(=O)CC1(CC)CC(OC(=O)C(=O)O)(C(F)(F)F)CCO1. The summed E-state index contributed by atoms with van der Waals surface area (Å²) in [7, 11) is 0. The van der Waals surface area contributed by atoms with Crippen LogP contribution in [-0.2, 0) is 28.6 Å². The van der Waals surface area contributed by atoms with E-state index in [4.69, 9.17) is 14.6 Å². The van der Waals surface area contributed by atoms with E-state index in [-0.39, 0.29) is 13.0 Å². The molecule has 1 aliphatic heterocycles. The third kappa shape index (κ3) is 4.37. The summed E-state index contributed by atoms with van der Waals surface area (Å²) in [5.41, 5.74) is -4.58. The van der Waals surface area contributed by atoms with Crippen molar-refractivity contribution in [2.45, 2.75) is 56.9 Å². The molecule has 0 radical (unpaired) electrons. The lowest BCUT2D eigenvalue weighted by Gasteiger charge is -2.46. The molecule has 0 spiro atoms. The topological polar surface area (TPSA) is 99.1 Å². The van der Waals surface area contributed by atoms with Gasteiger partial charge in [0.25, 0.3) is 0 Å². The first-order valence-corrected chi connectivity index (χ1v) is 7.33. The predicted molar refractivity (Wildman–Crippen MR) is 72.0 cm³/mol. The van der Waals surface area contributed by atoms with Crippen molar-refractivity contribution < 1.29 is 46.9 Å². The molecule has 24 heavy (non-hydrogen) atoms. The maximum Gasteiger partial charge on any atom is 0.428 e. The second-order valence-corrected chi connectivity index (χ2v) is 5.48. The summed E-state index contributed by atoms with van der Waals surface area (Å²) in [4.78, 5) is 33.5. The number of hydrogen-bond acceptors (Lipinski definition) is 6. The van der Waals surface area contributed by atoms with Crippen LogP contribution >= 0.6 is 0 Å². The molecular formula is C14H19F3O7. The molecular weight excluding hydrogens is 337 g/mol. The average Bonchev–Trinajstić information content (AvgIpc) is 2.46. The van der Waals surface area contributed by atoms with Crippen molar-refractivity contribution in [1.29, 1.82) is 0 Å². The van der Waals surface area contributed by atoms with Gasteiger partial charge in [0.2, 0.25) is 5.60 Å². The lowest BCUT2D eigenvalue weighted by atomic mass is 9.78. The molecule has 1 N–H and O–H groups in total. The number of aliphatic carboxylic acids is 1. The van der Waals surface area contributed by atoms with Gasteiger partial charge in [-0.3, -0.25) is 4.79 Å². The van der Waals surface area contributed by atoms with Crippen LogP contribution in [0.4, 0.5) is 13.2 Å². The van der Waals surface area contributed by atoms with Crippen molar-refractivity contribution in [2.24, 2.45) is 0 Å². The van der Waals surface area contributed by atoms with Crippen LogP contribution in [0.5, 0.6) is 0 Å². The third-order valence-electron chi connectivity index (χ3n) is 3.92. The fourth-order valence-corrected chi connectivity index (χ4v) is 2.64. The maximum atomic E-state index is 13.5. The Labute approximate surface area is 136 Å². The first kappa shape index (κ1) is 20.2. The number of rotatable bonds is 5. The Morgan fingerprint density at radius 1 is 1.25 bits per heavy atom. The molecule has 0 saturated carbocycles. The van der Waals surface area contributed by atoms with Crippen LogP contribution in [0, 0.1) is 0 Å². The zero-order valence-corrected chi connectivity index (χ0v) is 13.3. The smallest absolute Gasteiger partial charge is 0.428 e. The first-order valence-electron chi connectivity index (χ1n) is 7.33. The third-order valence-corrected chi connectivity index (χ3v) is 3.92. The maximum absolute atomic E-state index is 13.5. The van der Waals surface area contributed by atoms with Gasteiger partial charge in [-0.25, -0.2) is 9.59 Å². The van der Waals surface area contributed by atoms with Crippen LogP contribution in [0.2, 0.25) is 0 Å². The average molecular weight is 356 g/mol. The number of ether oxygens (including phenoxy) is 3. The number of esters is 2. The number of carbonyl (C=O) groups is 3. The summed E-state index contributed by atoms with van der Waals surface area (Å²) in [6.07, 6.45) is -7.08. The van der Waals surface area contributed by atoms with Crippen molar-refractivity contribution in [3.63, 3.8) is 0 Å². The molecule has 10 heteroatoms. The van der Waals surface area contributed by atoms with Crippen molar-refractivity contribution in [1.82, 2.24) is 0 Å². The molecule has 0 aliphatic carbocycles. The number of alkyl halides is 3. The molecule has 1 rings (SSSR count). The molecule has 1 aliphatic rings. The Balaban J connectivity index is 3.14. The Hall–Kier alpha value is -1.84. The van der Waals surface area contributed by atoms with Crippen LogP contribution in [0.3, 0.4) is 0 Å². The van der Waals surface area contributed by atoms with E-state index in [0.29, 0.717) is 0 Å². The Morgan fingerprint density at radius 3 is 2.33 bits per heavy atom. The number of carboxylic acids is 1. The minimum absolute atomic E-state index is 0.0221. The second kappa shape index (κ2) is 7.37. The largest absolute Gasteiger partial charge is 0.473 e. The Morgan fingerprint density at radius 2 is 1.88 bits per heavy atom. The Bertz CT molecular complexity index is 505. The van der Waals surface area contributed by atoms with Crippen LogP contribution in [-0.4, -0.2) is 53.6 Å². The van der Waals surface area contributed by atoms with Crippen LogP contribution < -0.4 is 0 Å². The molecule has 2 unspecified atom stereocenters. The fraction of sp³-hybridized carbons (Fsp3) is 0.786. The highest BCUT2D eigenvalue weighted by atomic mass is 19.4. The van der Waals surface area contributed by atoms with E-state index in [9.17, 15) is 27.6 Å². The van der Waals surface area contributed by atoms with E-state index in [0.717, 1.165) is 0 Å². The van der Waals surface area contributed by atoms with Gasteiger partial charge < -0.3 is 19.3 Å². The normalized spacial score (nSPS) is 27.4. The summed E-state index contributed by atoms with van der Waals surface area (Å²) in [6.45, 7) is 2.67. The number of carboxylic acid groups (broad SMARTS) is 1. The van der Waals surface area contributed by atoms with Gasteiger partial charge in [-0.15, -0.1) is 0 Å². The minimum Gasteiger partial charge on any atom is -0.473 e. The van der Waals surface area contributed by atoms with Crippen molar-refractivity contribution in [2.75, 3.05) is 13.2 Å². The number of hydrogen-bond donors (Lipinski definition) is 1. The molecule has 0 aromatic heterocycles. The van der Waals surface area contributed by atoms with Gasteiger partial charge in [0.1, 0.15) is 0 Å². The highest BCUT2D eigenvalue weighted by Crippen LogP contribution is 2.48. The molecule has 1 saturated heterocycles. The molecule has 0 aromatic rings. The van der Waals surface area contributed by atoms with Gasteiger partial charge in [-0.1, -0.05) is 6.92 Å². The van der Waals surface area contributed by atoms with Crippen LogP contribution in [0.15, 0.2) is 0 Å². The van der Waals surface area contributed by atoms with Gasteiger partial charge in [-0.05, 0) is 13.3 Å². The van der Waals surface area contributed by atoms with Gasteiger partial charge in [0.05, 0.1) is 25.2 Å². The Kier molecular flexibility index (Phi) is 6.20. The summed E-state index contributed by atoms with van der Waals surface area (Å²) in [5.74, 6) is -4.88. The molecule has 1 fully saturated rings. The van der Waals surface area contributed by atoms with E-state index in [2.05, 4.69) is 4.74 Å². The van der Waals surface area contributed by atoms with Gasteiger partial charge in [-0.2, -0.15) is 13.2 Å². The van der Waals surface area contributed by atoms with Gasteiger partial charge >= 0.3 is 24.1 Å². The lowest BCUT2D eigenvalue weighted by molar-refractivity contribution is -0.307. The fourth-order valence-electron chi connectivity index (χ4n) is 2.64.